The molecule has 1 rings (SSSR count). The minimum absolute atomic E-state index is 0.102. The Hall–Kier alpha value is -1.77. The first kappa shape index (κ1) is 12.3. The van der Waals surface area contributed by atoms with Gasteiger partial charge in [-0.25, -0.2) is 4.79 Å². The fourth-order valence-electron chi connectivity index (χ4n) is 1.52. The van der Waals surface area contributed by atoms with Crippen molar-refractivity contribution in [2.75, 3.05) is 0 Å². The molecule has 0 radical (unpaired) electrons. The minimum Gasteiger partial charge on any atom is -0.507 e. The molecule has 1 aromatic rings. The number of carbonyl (C=O) groups is 1. The molecule has 2 N–H and O–H groups in total. The van der Waals surface area contributed by atoms with Crippen LogP contribution in [-0.2, 0) is 4.79 Å². The maximum absolute atomic E-state index is 10.8. The summed E-state index contributed by atoms with van der Waals surface area (Å²) in [5, 5.41) is 18.6. The number of allylic oxidation sites excluding steroid dienone is 1. The second-order valence-electron chi connectivity index (χ2n) is 4.66. The smallest absolute Gasteiger partial charge is 0.328 e. The molecule has 0 saturated carbocycles. The summed E-state index contributed by atoms with van der Waals surface area (Å²) >= 11 is 0. The summed E-state index contributed by atoms with van der Waals surface area (Å²) in [6.45, 7) is 5.73. The van der Waals surface area contributed by atoms with E-state index in [1.165, 1.54) is 0 Å². The van der Waals surface area contributed by atoms with Gasteiger partial charge in [-0.1, -0.05) is 39.0 Å². The Balaban J connectivity index is 3.34. The molecule has 0 aromatic heterocycles. The van der Waals surface area contributed by atoms with E-state index in [1.807, 2.05) is 20.8 Å². The van der Waals surface area contributed by atoms with Crippen LogP contribution in [0.15, 0.2) is 30.3 Å². The van der Waals surface area contributed by atoms with Gasteiger partial charge in [-0.15, -0.1) is 0 Å². The molecule has 0 aliphatic rings. The molecule has 1 aromatic carbocycles. The average Bonchev–Trinajstić information content (AvgIpc) is 2.13. The summed E-state index contributed by atoms with van der Waals surface area (Å²) in [4.78, 5) is 10.8. The zero-order chi connectivity index (χ0) is 12.3. The summed E-state index contributed by atoms with van der Waals surface area (Å²) in [7, 11) is 0. The van der Waals surface area contributed by atoms with Crippen molar-refractivity contribution < 1.29 is 15.0 Å². The number of carboxylic acids is 1. The number of aliphatic carboxylic acids is 1. The Morgan fingerprint density at radius 2 is 1.81 bits per heavy atom. The SMILES string of the molecule is CC(C)(C)/C(=C/C(=O)O)c1ccccc1O. The van der Waals surface area contributed by atoms with Crippen molar-refractivity contribution in [3.05, 3.63) is 35.9 Å². The zero-order valence-corrected chi connectivity index (χ0v) is 9.69. The number of para-hydroxylation sites is 1. The van der Waals surface area contributed by atoms with Gasteiger partial charge in [0.1, 0.15) is 5.75 Å². The second kappa shape index (κ2) is 4.39. The van der Waals surface area contributed by atoms with Crippen LogP contribution in [0.25, 0.3) is 5.57 Å². The molecule has 0 unspecified atom stereocenters. The topological polar surface area (TPSA) is 57.5 Å². The first-order valence-electron chi connectivity index (χ1n) is 5.06. The predicted molar refractivity (Wildman–Crippen MR) is 63.2 cm³/mol. The van der Waals surface area contributed by atoms with Crippen LogP contribution in [0.4, 0.5) is 0 Å². The highest BCUT2D eigenvalue weighted by atomic mass is 16.4. The molecule has 0 amide bonds. The van der Waals surface area contributed by atoms with E-state index in [9.17, 15) is 9.90 Å². The van der Waals surface area contributed by atoms with Gasteiger partial charge in [-0.2, -0.15) is 0 Å². The van der Waals surface area contributed by atoms with Crippen molar-refractivity contribution in [2.24, 2.45) is 5.41 Å². The van der Waals surface area contributed by atoms with E-state index in [0.717, 1.165) is 6.08 Å². The Bertz CT molecular complexity index is 425. The second-order valence-corrected chi connectivity index (χ2v) is 4.66. The van der Waals surface area contributed by atoms with Gasteiger partial charge < -0.3 is 10.2 Å². The lowest BCUT2D eigenvalue weighted by molar-refractivity contribution is -0.131. The predicted octanol–water partition coefficient (Wildman–Crippen LogP) is 2.91. The highest BCUT2D eigenvalue weighted by Crippen LogP contribution is 2.37. The molecule has 3 heteroatoms. The van der Waals surface area contributed by atoms with Crippen molar-refractivity contribution in [1.82, 2.24) is 0 Å². The van der Waals surface area contributed by atoms with Crippen LogP contribution >= 0.6 is 0 Å². The lowest BCUT2D eigenvalue weighted by atomic mass is 9.81. The fourth-order valence-corrected chi connectivity index (χ4v) is 1.52. The third-order valence-corrected chi connectivity index (χ3v) is 2.27. The van der Waals surface area contributed by atoms with E-state index < -0.39 is 5.97 Å². The molecule has 0 aliphatic carbocycles. The molecule has 0 fully saturated rings. The largest absolute Gasteiger partial charge is 0.507 e. The number of aromatic hydroxyl groups is 1. The molecular weight excluding hydrogens is 204 g/mol. The third-order valence-electron chi connectivity index (χ3n) is 2.27. The average molecular weight is 220 g/mol. The first-order chi connectivity index (χ1) is 7.32. The van der Waals surface area contributed by atoms with Gasteiger partial charge in [0.2, 0.25) is 0 Å². The molecule has 3 nitrogen and oxygen atoms in total. The lowest BCUT2D eigenvalue weighted by Crippen LogP contribution is -2.10. The van der Waals surface area contributed by atoms with E-state index in [2.05, 4.69) is 0 Å². The van der Waals surface area contributed by atoms with Crippen LogP contribution < -0.4 is 0 Å². The lowest BCUT2D eigenvalue weighted by Gasteiger charge is -2.23. The van der Waals surface area contributed by atoms with Gasteiger partial charge in [0.15, 0.2) is 0 Å². The van der Waals surface area contributed by atoms with E-state index in [0.29, 0.717) is 11.1 Å². The van der Waals surface area contributed by atoms with E-state index in [-0.39, 0.29) is 11.2 Å². The van der Waals surface area contributed by atoms with Crippen LogP contribution in [0.5, 0.6) is 5.75 Å². The summed E-state index contributed by atoms with van der Waals surface area (Å²) in [5.74, 6) is -0.905. The summed E-state index contributed by atoms with van der Waals surface area (Å²) in [6, 6.07) is 6.75. The standard InChI is InChI=1S/C13H16O3/c1-13(2,3)10(8-12(15)16)9-6-4-5-7-11(9)14/h4-8,14H,1-3H3,(H,15,16)/b10-8+. The molecular formula is C13H16O3. The quantitative estimate of drug-likeness (QED) is 0.753. The van der Waals surface area contributed by atoms with Crippen LogP contribution in [0, 0.1) is 5.41 Å². The molecule has 86 valence electrons. The summed E-state index contributed by atoms with van der Waals surface area (Å²) < 4.78 is 0. The van der Waals surface area contributed by atoms with Crippen molar-refractivity contribution in [2.45, 2.75) is 20.8 Å². The molecule has 0 saturated heterocycles. The Morgan fingerprint density at radius 1 is 1.25 bits per heavy atom. The number of carboxylic acid groups (broad SMARTS) is 1. The number of hydrogen-bond acceptors (Lipinski definition) is 2. The maximum Gasteiger partial charge on any atom is 0.328 e. The fraction of sp³-hybridized carbons (Fsp3) is 0.308. The van der Waals surface area contributed by atoms with Crippen molar-refractivity contribution in [3.63, 3.8) is 0 Å². The zero-order valence-electron chi connectivity index (χ0n) is 9.69. The first-order valence-corrected chi connectivity index (χ1v) is 5.06. The molecule has 0 aliphatic heterocycles. The van der Waals surface area contributed by atoms with Crippen molar-refractivity contribution >= 4 is 11.5 Å². The van der Waals surface area contributed by atoms with Gasteiger partial charge in [0.25, 0.3) is 0 Å². The molecule has 0 spiro atoms. The van der Waals surface area contributed by atoms with E-state index >= 15 is 0 Å². The number of rotatable bonds is 2. The Labute approximate surface area is 95.0 Å². The van der Waals surface area contributed by atoms with Crippen molar-refractivity contribution in [3.8, 4) is 5.75 Å². The van der Waals surface area contributed by atoms with E-state index in [4.69, 9.17) is 5.11 Å². The number of phenols is 1. The summed E-state index contributed by atoms with van der Waals surface area (Å²) in [6.07, 6.45) is 1.15. The highest BCUT2D eigenvalue weighted by Gasteiger charge is 2.21. The van der Waals surface area contributed by atoms with E-state index in [1.54, 1.807) is 24.3 Å². The van der Waals surface area contributed by atoms with Gasteiger partial charge in [0.05, 0.1) is 0 Å². The maximum atomic E-state index is 10.8. The normalized spacial score (nSPS) is 12.6. The van der Waals surface area contributed by atoms with Crippen LogP contribution in [0.3, 0.4) is 0 Å². The Morgan fingerprint density at radius 3 is 2.25 bits per heavy atom. The minimum atomic E-state index is -1.01. The highest BCUT2D eigenvalue weighted by molar-refractivity contribution is 5.92. The number of phenolic OH excluding ortho intramolecular Hbond substituents is 1. The molecule has 0 bridgehead atoms. The molecule has 0 heterocycles. The Kier molecular flexibility index (Phi) is 3.38. The summed E-state index contributed by atoms with van der Waals surface area (Å²) in [5.41, 5.74) is 0.840. The van der Waals surface area contributed by atoms with Gasteiger partial charge >= 0.3 is 5.97 Å². The van der Waals surface area contributed by atoms with Gasteiger partial charge in [0, 0.05) is 11.6 Å². The molecule has 0 atom stereocenters. The van der Waals surface area contributed by atoms with Crippen LogP contribution in [0.1, 0.15) is 26.3 Å². The van der Waals surface area contributed by atoms with Gasteiger partial charge in [-0.05, 0) is 17.1 Å². The number of hydrogen-bond donors (Lipinski definition) is 2. The van der Waals surface area contributed by atoms with Crippen molar-refractivity contribution in [1.29, 1.82) is 0 Å². The van der Waals surface area contributed by atoms with Gasteiger partial charge in [-0.3, -0.25) is 0 Å². The monoisotopic (exact) mass is 220 g/mol. The molecule has 16 heavy (non-hydrogen) atoms. The number of benzene rings is 1. The van der Waals surface area contributed by atoms with Crippen LogP contribution in [0.2, 0.25) is 0 Å². The van der Waals surface area contributed by atoms with Crippen LogP contribution in [-0.4, -0.2) is 16.2 Å². The third kappa shape index (κ3) is 2.86.